The third-order valence-electron chi connectivity index (χ3n) is 4.52. The van der Waals surface area contributed by atoms with Gasteiger partial charge in [-0.1, -0.05) is 23.9 Å². The van der Waals surface area contributed by atoms with Crippen LogP contribution in [0.3, 0.4) is 0 Å². The summed E-state index contributed by atoms with van der Waals surface area (Å²) in [5.41, 5.74) is 3.99. The summed E-state index contributed by atoms with van der Waals surface area (Å²) in [6, 6.07) is 5.42. The Bertz CT molecular complexity index is 1070. The van der Waals surface area contributed by atoms with Crippen LogP contribution < -0.4 is 5.56 Å². The van der Waals surface area contributed by atoms with Gasteiger partial charge in [0.05, 0.1) is 10.9 Å². The Hall–Kier alpha value is -2.74. The van der Waals surface area contributed by atoms with Crippen LogP contribution in [0.1, 0.15) is 34.8 Å². The van der Waals surface area contributed by atoms with E-state index in [1.807, 2.05) is 39.2 Å². The predicted octanol–water partition coefficient (Wildman–Crippen LogP) is 3.04. The fraction of sp³-hybridized carbons (Fsp3) is 0.350. The number of hydrogen-bond donors (Lipinski definition) is 1. The average Bonchev–Trinajstić information content (AvgIpc) is 2.66. The molecular formula is C20H22N4O3S. The quantitative estimate of drug-likeness (QED) is 0.387. The number of carbonyl (C=O) groups is 1. The molecule has 8 heteroatoms. The molecule has 7 nitrogen and oxygen atoms in total. The molecule has 0 aliphatic rings. The van der Waals surface area contributed by atoms with E-state index in [1.165, 1.54) is 11.8 Å². The van der Waals surface area contributed by atoms with Gasteiger partial charge in [0.15, 0.2) is 5.16 Å². The number of nitrogens with one attached hydrogen (secondary N) is 1. The van der Waals surface area contributed by atoms with E-state index < -0.39 is 0 Å². The number of thioether (sulfide) groups is 1. The first-order valence-corrected chi connectivity index (χ1v) is 10.1. The molecule has 0 radical (unpaired) electrons. The molecule has 0 atom stereocenters. The second kappa shape index (κ2) is 8.52. The van der Waals surface area contributed by atoms with Crippen molar-refractivity contribution >= 4 is 28.6 Å². The van der Waals surface area contributed by atoms with E-state index in [2.05, 4.69) is 19.9 Å². The zero-order chi connectivity index (χ0) is 20.3. The molecule has 0 amide bonds. The highest BCUT2D eigenvalue weighted by Gasteiger charge is 2.12. The van der Waals surface area contributed by atoms with Crippen LogP contribution >= 0.6 is 11.8 Å². The van der Waals surface area contributed by atoms with Crippen LogP contribution in [0, 0.1) is 20.8 Å². The zero-order valence-corrected chi connectivity index (χ0v) is 17.1. The molecule has 28 heavy (non-hydrogen) atoms. The summed E-state index contributed by atoms with van der Waals surface area (Å²) in [5, 5.41) is 1.25. The van der Waals surface area contributed by atoms with Gasteiger partial charge in [0.2, 0.25) is 0 Å². The summed E-state index contributed by atoms with van der Waals surface area (Å²) < 4.78 is 5.30. The van der Waals surface area contributed by atoms with E-state index in [4.69, 9.17) is 4.74 Å². The Morgan fingerprint density at radius 3 is 2.54 bits per heavy atom. The van der Waals surface area contributed by atoms with Crippen molar-refractivity contribution in [3.8, 4) is 0 Å². The standard InChI is InChI=1S/C20H22N4O3S/c1-11-6-5-7-15-18(11)23-16(24-19(15)26)10-27-17(25)9-8-14-12(2)21-20(28-4)22-13(14)3/h5-7H,8-10H2,1-4H3,(H,23,24,26). The second-order valence-electron chi connectivity index (χ2n) is 6.50. The Morgan fingerprint density at radius 1 is 1.14 bits per heavy atom. The van der Waals surface area contributed by atoms with Crippen LogP contribution in [0.25, 0.3) is 10.9 Å². The summed E-state index contributed by atoms with van der Waals surface area (Å²) in [5.74, 6) is -0.0274. The molecule has 0 bridgehead atoms. The minimum absolute atomic E-state index is 0.0712. The van der Waals surface area contributed by atoms with Crippen molar-refractivity contribution in [2.24, 2.45) is 0 Å². The van der Waals surface area contributed by atoms with Crippen molar-refractivity contribution in [3.05, 3.63) is 56.9 Å². The first-order chi connectivity index (χ1) is 13.4. The summed E-state index contributed by atoms with van der Waals surface area (Å²) in [4.78, 5) is 40.3. The summed E-state index contributed by atoms with van der Waals surface area (Å²) >= 11 is 1.49. The third-order valence-corrected chi connectivity index (χ3v) is 5.07. The van der Waals surface area contributed by atoms with Crippen molar-refractivity contribution in [2.75, 3.05) is 6.26 Å². The van der Waals surface area contributed by atoms with E-state index in [1.54, 1.807) is 6.07 Å². The highest BCUT2D eigenvalue weighted by molar-refractivity contribution is 7.98. The first-order valence-electron chi connectivity index (χ1n) is 8.91. The van der Waals surface area contributed by atoms with Crippen molar-refractivity contribution in [3.63, 3.8) is 0 Å². The lowest BCUT2D eigenvalue weighted by Gasteiger charge is -2.10. The van der Waals surface area contributed by atoms with E-state index in [9.17, 15) is 9.59 Å². The molecule has 2 heterocycles. The summed E-state index contributed by atoms with van der Waals surface area (Å²) in [6.45, 7) is 5.65. The van der Waals surface area contributed by atoms with Gasteiger partial charge in [0.25, 0.3) is 5.56 Å². The van der Waals surface area contributed by atoms with Crippen LogP contribution in [-0.2, 0) is 22.6 Å². The van der Waals surface area contributed by atoms with E-state index in [0.717, 1.165) is 27.7 Å². The van der Waals surface area contributed by atoms with Crippen LogP contribution in [-0.4, -0.2) is 32.2 Å². The Kier molecular flexibility index (Phi) is 6.08. The SMILES string of the molecule is CSc1nc(C)c(CCC(=O)OCc2nc3c(C)cccc3c(=O)[nH]2)c(C)n1. The van der Waals surface area contributed by atoms with Gasteiger partial charge in [0, 0.05) is 17.8 Å². The molecule has 0 saturated carbocycles. The number of para-hydroxylation sites is 1. The largest absolute Gasteiger partial charge is 0.458 e. The smallest absolute Gasteiger partial charge is 0.306 e. The van der Waals surface area contributed by atoms with Crippen molar-refractivity contribution in [1.29, 1.82) is 0 Å². The molecule has 0 saturated heterocycles. The molecule has 0 aliphatic heterocycles. The Balaban J connectivity index is 1.65. The minimum atomic E-state index is -0.361. The maximum atomic E-state index is 12.2. The monoisotopic (exact) mass is 398 g/mol. The van der Waals surface area contributed by atoms with E-state index in [-0.39, 0.29) is 24.6 Å². The van der Waals surface area contributed by atoms with Gasteiger partial charge < -0.3 is 9.72 Å². The zero-order valence-electron chi connectivity index (χ0n) is 16.3. The second-order valence-corrected chi connectivity index (χ2v) is 7.28. The van der Waals surface area contributed by atoms with Crippen molar-refractivity contribution in [2.45, 2.75) is 45.4 Å². The van der Waals surface area contributed by atoms with Crippen LogP contribution in [0.5, 0.6) is 0 Å². The Morgan fingerprint density at radius 2 is 1.86 bits per heavy atom. The highest BCUT2D eigenvalue weighted by atomic mass is 32.2. The number of carbonyl (C=O) groups excluding carboxylic acids is 1. The van der Waals surface area contributed by atoms with Gasteiger partial charge in [-0.3, -0.25) is 9.59 Å². The molecule has 1 aromatic carbocycles. The van der Waals surface area contributed by atoms with Gasteiger partial charge in [-0.15, -0.1) is 0 Å². The fourth-order valence-electron chi connectivity index (χ4n) is 3.03. The average molecular weight is 398 g/mol. The van der Waals surface area contributed by atoms with Crippen LogP contribution in [0.2, 0.25) is 0 Å². The number of aryl methyl sites for hydroxylation is 3. The molecule has 3 aromatic rings. The van der Waals surface area contributed by atoms with Gasteiger partial charge in [-0.05, 0) is 50.6 Å². The number of aromatic amines is 1. The molecular weight excluding hydrogens is 376 g/mol. The summed E-state index contributed by atoms with van der Waals surface area (Å²) in [7, 11) is 0. The number of hydrogen-bond acceptors (Lipinski definition) is 7. The minimum Gasteiger partial charge on any atom is -0.458 e. The van der Waals surface area contributed by atoms with E-state index in [0.29, 0.717) is 23.1 Å². The van der Waals surface area contributed by atoms with Gasteiger partial charge in [-0.25, -0.2) is 15.0 Å². The van der Waals surface area contributed by atoms with Crippen LogP contribution in [0.15, 0.2) is 28.2 Å². The van der Waals surface area contributed by atoms with Crippen LogP contribution in [0.4, 0.5) is 0 Å². The number of esters is 1. The lowest BCUT2D eigenvalue weighted by molar-refractivity contribution is -0.145. The molecule has 0 unspecified atom stereocenters. The molecule has 2 aromatic heterocycles. The van der Waals surface area contributed by atoms with E-state index >= 15 is 0 Å². The number of rotatable bonds is 6. The van der Waals surface area contributed by atoms with Crippen molar-refractivity contribution in [1.82, 2.24) is 19.9 Å². The number of H-pyrrole nitrogens is 1. The lowest BCUT2D eigenvalue weighted by atomic mass is 10.1. The fourth-order valence-corrected chi connectivity index (χ4v) is 3.49. The lowest BCUT2D eigenvalue weighted by Crippen LogP contribution is -2.15. The topological polar surface area (TPSA) is 97.8 Å². The molecule has 146 valence electrons. The summed E-state index contributed by atoms with van der Waals surface area (Å²) in [6.07, 6.45) is 2.64. The van der Waals surface area contributed by atoms with Crippen molar-refractivity contribution < 1.29 is 9.53 Å². The number of aromatic nitrogens is 4. The first kappa shape index (κ1) is 20.0. The van der Waals surface area contributed by atoms with Gasteiger partial charge in [-0.2, -0.15) is 0 Å². The molecule has 0 aliphatic carbocycles. The van der Waals surface area contributed by atoms with Gasteiger partial charge >= 0.3 is 5.97 Å². The molecule has 3 rings (SSSR count). The third kappa shape index (κ3) is 4.39. The number of ether oxygens (including phenoxy) is 1. The molecule has 0 spiro atoms. The normalized spacial score (nSPS) is 11.0. The maximum Gasteiger partial charge on any atom is 0.306 e. The van der Waals surface area contributed by atoms with Gasteiger partial charge in [0.1, 0.15) is 12.4 Å². The maximum absolute atomic E-state index is 12.2. The number of fused-ring (bicyclic) bond motifs is 1. The Labute approximate surface area is 167 Å². The predicted molar refractivity (Wildman–Crippen MR) is 109 cm³/mol. The molecule has 1 N–H and O–H groups in total. The molecule has 0 fully saturated rings. The highest BCUT2D eigenvalue weighted by Crippen LogP contribution is 2.17. The number of benzene rings is 1. The number of nitrogens with zero attached hydrogens (tertiary/aromatic N) is 3.